The fourth-order valence-corrected chi connectivity index (χ4v) is 4.64. The van der Waals surface area contributed by atoms with Crippen molar-refractivity contribution in [1.82, 2.24) is 4.90 Å². The predicted octanol–water partition coefficient (Wildman–Crippen LogP) is 3.10. The lowest BCUT2D eigenvalue weighted by atomic mass is 9.72. The fraction of sp³-hybridized carbons (Fsp3) is 0.381. The molecule has 1 heterocycles. The minimum absolute atomic E-state index is 0.0222. The summed E-state index contributed by atoms with van der Waals surface area (Å²) in [5, 5.41) is 20.7. The number of rotatable bonds is 3. The zero-order valence-electron chi connectivity index (χ0n) is 13.7. The van der Waals surface area contributed by atoms with Crippen LogP contribution in [0.2, 0.25) is 0 Å². The van der Waals surface area contributed by atoms with Crippen LogP contribution >= 0.6 is 0 Å². The summed E-state index contributed by atoms with van der Waals surface area (Å²) in [6.45, 7) is 1.43. The molecule has 2 aliphatic rings. The quantitative estimate of drug-likeness (QED) is 0.946. The Morgan fingerprint density at radius 2 is 1.71 bits per heavy atom. The Morgan fingerprint density at radius 3 is 2.38 bits per heavy atom. The van der Waals surface area contributed by atoms with Crippen LogP contribution in [0.1, 0.15) is 24.0 Å². The van der Waals surface area contributed by atoms with Crippen molar-refractivity contribution in [2.45, 2.75) is 36.9 Å². The van der Waals surface area contributed by atoms with Gasteiger partial charge in [-0.15, -0.1) is 0 Å². The number of fused-ring (bicyclic) bond motifs is 2. The summed E-state index contributed by atoms with van der Waals surface area (Å²) in [6, 6.07) is 23.3. The first kappa shape index (κ1) is 15.4. The highest BCUT2D eigenvalue weighted by Crippen LogP contribution is 2.51. The molecule has 1 aliphatic heterocycles. The van der Waals surface area contributed by atoms with Crippen LogP contribution in [0.25, 0.3) is 0 Å². The number of aliphatic hydroxyl groups excluding tert-OH is 1. The number of hydrogen-bond donors (Lipinski definition) is 1. The fourth-order valence-electron chi connectivity index (χ4n) is 4.64. The van der Waals surface area contributed by atoms with Gasteiger partial charge in [-0.05, 0) is 24.0 Å². The Morgan fingerprint density at radius 1 is 1.04 bits per heavy atom. The van der Waals surface area contributed by atoms with Gasteiger partial charge >= 0.3 is 0 Å². The molecule has 1 saturated carbocycles. The van der Waals surface area contributed by atoms with Crippen molar-refractivity contribution < 1.29 is 5.11 Å². The number of likely N-dealkylation sites (tertiary alicyclic amines) is 1. The molecule has 0 spiro atoms. The number of benzene rings is 2. The lowest BCUT2D eigenvalue weighted by Gasteiger charge is -2.44. The maximum absolute atomic E-state index is 11.0. The smallest absolute Gasteiger partial charge is 0.0764 e. The third kappa shape index (κ3) is 2.43. The minimum Gasteiger partial charge on any atom is -0.391 e. The second-order valence-electron chi connectivity index (χ2n) is 7.16. The van der Waals surface area contributed by atoms with Gasteiger partial charge in [-0.1, -0.05) is 60.7 Å². The van der Waals surface area contributed by atoms with Gasteiger partial charge in [0, 0.05) is 24.5 Å². The minimum atomic E-state index is -0.432. The van der Waals surface area contributed by atoms with Crippen molar-refractivity contribution in [2.75, 3.05) is 6.54 Å². The molecule has 122 valence electrons. The van der Waals surface area contributed by atoms with E-state index in [2.05, 4.69) is 35.2 Å². The van der Waals surface area contributed by atoms with Crippen LogP contribution in [0.15, 0.2) is 60.7 Å². The highest BCUT2D eigenvalue weighted by Gasteiger charge is 2.56. The zero-order chi connectivity index (χ0) is 16.6. The van der Waals surface area contributed by atoms with Crippen LogP contribution in [0.4, 0.5) is 0 Å². The van der Waals surface area contributed by atoms with Gasteiger partial charge in [-0.25, -0.2) is 0 Å². The number of aliphatic hydroxyl groups is 1. The maximum atomic E-state index is 11.0. The van der Waals surface area contributed by atoms with E-state index in [0.717, 1.165) is 19.4 Å². The molecule has 0 aromatic heterocycles. The predicted molar refractivity (Wildman–Crippen MR) is 93.1 cm³/mol. The molecule has 4 rings (SSSR count). The Bertz CT molecular complexity index is 739. The third-order valence-electron chi connectivity index (χ3n) is 5.88. The van der Waals surface area contributed by atoms with E-state index >= 15 is 0 Å². The topological polar surface area (TPSA) is 47.3 Å². The van der Waals surface area contributed by atoms with E-state index < -0.39 is 6.10 Å². The molecule has 3 nitrogen and oxygen atoms in total. The van der Waals surface area contributed by atoms with Crippen LogP contribution in [-0.2, 0) is 12.0 Å². The molecular formula is C21H22N2O. The second kappa shape index (κ2) is 6.05. The molecular weight excluding hydrogens is 296 g/mol. The van der Waals surface area contributed by atoms with Crippen molar-refractivity contribution in [3.05, 3.63) is 71.8 Å². The molecule has 1 N–H and O–H groups in total. The van der Waals surface area contributed by atoms with Gasteiger partial charge in [0.2, 0.25) is 0 Å². The number of piperidine rings is 1. The van der Waals surface area contributed by atoms with E-state index in [0.29, 0.717) is 6.54 Å². The average molecular weight is 318 g/mol. The largest absolute Gasteiger partial charge is 0.391 e. The summed E-state index contributed by atoms with van der Waals surface area (Å²) in [7, 11) is 0. The average Bonchev–Trinajstić information content (AvgIpc) is 2.99. The summed E-state index contributed by atoms with van der Waals surface area (Å²) in [4.78, 5) is 2.31. The van der Waals surface area contributed by atoms with Crippen LogP contribution in [0.5, 0.6) is 0 Å². The SMILES string of the molecule is N#CC1CC2(c3ccccc3)CC1N(Cc1ccccc1)CC2O. The highest BCUT2D eigenvalue weighted by molar-refractivity contribution is 5.33. The first-order valence-corrected chi connectivity index (χ1v) is 8.64. The van der Waals surface area contributed by atoms with Gasteiger partial charge in [0.25, 0.3) is 0 Å². The highest BCUT2D eigenvalue weighted by atomic mass is 16.3. The Balaban J connectivity index is 1.65. The molecule has 24 heavy (non-hydrogen) atoms. The van der Waals surface area contributed by atoms with Gasteiger partial charge in [0.05, 0.1) is 18.1 Å². The first-order valence-electron chi connectivity index (χ1n) is 8.64. The van der Waals surface area contributed by atoms with Crippen molar-refractivity contribution in [3.8, 4) is 6.07 Å². The summed E-state index contributed by atoms with van der Waals surface area (Å²) < 4.78 is 0. The lowest BCUT2D eigenvalue weighted by Crippen LogP contribution is -2.52. The van der Waals surface area contributed by atoms with Crippen molar-refractivity contribution in [3.63, 3.8) is 0 Å². The molecule has 4 atom stereocenters. The molecule has 2 aromatic rings. The van der Waals surface area contributed by atoms with Crippen molar-refractivity contribution in [2.24, 2.45) is 5.92 Å². The van der Waals surface area contributed by atoms with Gasteiger partial charge in [-0.2, -0.15) is 5.26 Å². The molecule has 2 fully saturated rings. The first-order chi connectivity index (χ1) is 11.7. The molecule has 0 amide bonds. The summed E-state index contributed by atoms with van der Waals surface area (Å²) >= 11 is 0. The molecule has 1 aliphatic carbocycles. The van der Waals surface area contributed by atoms with E-state index in [4.69, 9.17) is 0 Å². The van der Waals surface area contributed by atoms with E-state index in [1.165, 1.54) is 11.1 Å². The maximum Gasteiger partial charge on any atom is 0.0764 e. The van der Waals surface area contributed by atoms with E-state index in [1.807, 2.05) is 36.4 Å². The van der Waals surface area contributed by atoms with Gasteiger partial charge in [0.15, 0.2) is 0 Å². The molecule has 2 aromatic carbocycles. The number of nitrogens with zero attached hydrogens (tertiary/aromatic N) is 2. The van der Waals surface area contributed by atoms with E-state index in [1.54, 1.807) is 0 Å². The molecule has 1 saturated heterocycles. The van der Waals surface area contributed by atoms with Crippen LogP contribution in [0, 0.1) is 17.2 Å². The number of nitriles is 1. The Kier molecular flexibility index (Phi) is 3.88. The Hall–Kier alpha value is -2.15. The van der Waals surface area contributed by atoms with Crippen molar-refractivity contribution in [1.29, 1.82) is 5.26 Å². The second-order valence-corrected chi connectivity index (χ2v) is 7.16. The monoisotopic (exact) mass is 318 g/mol. The molecule has 4 unspecified atom stereocenters. The normalized spacial score (nSPS) is 32.4. The third-order valence-corrected chi connectivity index (χ3v) is 5.88. The van der Waals surface area contributed by atoms with Gasteiger partial charge in [0.1, 0.15) is 0 Å². The Labute approximate surface area is 143 Å². The van der Waals surface area contributed by atoms with Gasteiger partial charge in [-0.3, -0.25) is 4.90 Å². The summed E-state index contributed by atoms with van der Waals surface area (Å²) in [5.74, 6) is -0.0222. The zero-order valence-corrected chi connectivity index (χ0v) is 13.7. The van der Waals surface area contributed by atoms with E-state index in [-0.39, 0.29) is 17.4 Å². The van der Waals surface area contributed by atoms with Gasteiger partial charge < -0.3 is 5.11 Å². The number of β-amino-alcohol motifs (C(OH)–C–C–N with tert-alkyl or cyclic N) is 1. The molecule has 0 radical (unpaired) electrons. The van der Waals surface area contributed by atoms with Crippen molar-refractivity contribution >= 4 is 0 Å². The van der Waals surface area contributed by atoms with E-state index in [9.17, 15) is 10.4 Å². The summed E-state index contributed by atoms with van der Waals surface area (Å²) in [5.41, 5.74) is 2.15. The van der Waals surface area contributed by atoms with Crippen LogP contribution < -0.4 is 0 Å². The molecule has 3 heteroatoms. The standard InChI is InChI=1S/C21H22N2O/c22-13-17-11-21(18-9-5-2-6-10-18)12-19(17)23(15-20(21)24)14-16-7-3-1-4-8-16/h1-10,17,19-20,24H,11-12,14-15H2. The molecule has 2 bridgehead atoms. The summed E-state index contributed by atoms with van der Waals surface area (Å²) in [6.07, 6.45) is 1.19. The van der Waals surface area contributed by atoms with Crippen LogP contribution in [-0.4, -0.2) is 28.7 Å². The van der Waals surface area contributed by atoms with Crippen LogP contribution in [0.3, 0.4) is 0 Å². The number of hydrogen-bond acceptors (Lipinski definition) is 3. The lowest BCUT2D eigenvalue weighted by molar-refractivity contribution is -0.00272.